The van der Waals surface area contributed by atoms with Crippen molar-refractivity contribution in [1.82, 2.24) is 15.3 Å². The lowest BCUT2D eigenvalue weighted by molar-refractivity contribution is -0.141. The number of halogens is 3. The summed E-state index contributed by atoms with van der Waals surface area (Å²) in [5.74, 6) is -0.643. The number of hydrogen-bond acceptors (Lipinski definition) is 5. The van der Waals surface area contributed by atoms with Crippen molar-refractivity contribution >= 4 is 11.9 Å². The molecule has 1 rings (SSSR count). The molecule has 1 heterocycles. The molecule has 0 unspecified atom stereocenters. The molecule has 0 spiro atoms. The van der Waals surface area contributed by atoms with Crippen molar-refractivity contribution in [2.75, 3.05) is 18.4 Å². The molecule has 114 valence electrons. The standard InChI is InChI=1S/C12H14F3N5O/c1-11(2,7-16)9(21)17-5-6-19-10-18-4-3-8(20-10)12(13,14)15/h3-4H,5-6H2,1-2H3,(H,17,21)(H,18,19,20). The van der Waals surface area contributed by atoms with Gasteiger partial charge in [-0.15, -0.1) is 0 Å². The zero-order valence-electron chi connectivity index (χ0n) is 11.5. The van der Waals surface area contributed by atoms with Crippen molar-refractivity contribution in [2.45, 2.75) is 20.0 Å². The number of carbonyl (C=O) groups is 1. The van der Waals surface area contributed by atoms with Gasteiger partial charge in [0.1, 0.15) is 11.1 Å². The second kappa shape index (κ2) is 6.39. The van der Waals surface area contributed by atoms with Gasteiger partial charge in [0.2, 0.25) is 11.9 Å². The molecule has 0 saturated carbocycles. The van der Waals surface area contributed by atoms with Crippen LogP contribution in [0.25, 0.3) is 0 Å². The average molecular weight is 301 g/mol. The third kappa shape index (κ3) is 4.91. The number of nitriles is 1. The second-order valence-electron chi connectivity index (χ2n) is 4.68. The Labute approximate surface area is 119 Å². The van der Waals surface area contributed by atoms with Crippen LogP contribution >= 0.6 is 0 Å². The third-order valence-electron chi connectivity index (χ3n) is 2.49. The minimum Gasteiger partial charge on any atom is -0.353 e. The Morgan fingerprint density at radius 3 is 2.62 bits per heavy atom. The van der Waals surface area contributed by atoms with Crippen LogP contribution in [0, 0.1) is 16.7 Å². The molecule has 2 N–H and O–H groups in total. The smallest absolute Gasteiger partial charge is 0.353 e. The van der Waals surface area contributed by atoms with Gasteiger partial charge in [-0.25, -0.2) is 9.97 Å². The van der Waals surface area contributed by atoms with Crippen LogP contribution in [0.15, 0.2) is 12.3 Å². The lowest BCUT2D eigenvalue weighted by atomic mass is 9.95. The van der Waals surface area contributed by atoms with Gasteiger partial charge < -0.3 is 10.6 Å². The SMILES string of the molecule is CC(C)(C#N)C(=O)NCCNc1nccc(C(F)(F)F)n1. The van der Waals surface area contributed by atoms with Gasteiger partial charge in [-0.3, -0.25) is 4.79 Å². The quantitative estimate of drug-likeness (QED) is 0.806. The molecule has 0 aliphatic heterocycles. The molecule has 1 aromatic heterocycles. The molecule has 0 fully saturated rings. The number of aromatic nitrogens is 2. The van der Waals surface area contributed by atoms with Crippen LogP contribution in [0.3, 0.4) is 0 Å². The van der Waals surface area contributed by atoms with E-state index in [4.69, 9.17) is 5.26 Å². The molecule has 0 atom stereocenters. The fourth-order valence-electron chi connectivity index (χ4n) is 1.22. The summed E-state index contributed by atoms with van der Waals surface area (Å²) >= 11 is 0. The largest absolute Gasteiger partial charge is 0.433 e. The summed E-state index contributed by atoms with van der Waals surface area (Å²) in [7, 11) is 0. The molecule has 0 radical (unpaired) electrons. The molecular weight excluding hydrogens is 287 g/mol. The maximum atomic E-state index is 12.4. The minimum atomic E-state index is -4.54. The summed E-state index contributed by atoms with van der Waals surface area (Å²) in [6, 6.07) is 2.61. The summed E-state index contributed by atoms with van der Waals surface area (Å²) < 4.78 is 37.3. The fourth-order valence-corrected chi connectivity index (χ4v) is 1.22. The first kappa shape index (κ1) is 16.7. The molecule has 0 aliphatic carbocycles. The van der Waals surface area contributed by atoms with Gasteiger partial charge >= 0.3 is 6.18 Å². The number of nitrogens with one attached hydrogen (secondary N) is 2. The highest BCUT2D eigenvalue weighted by Gasteiger charge is 2.32. The third-order valence-corrected chi connectivity index (χ3v) is 2.49. The van der Waals surface area contributed by atoms with Crippen LogP contribution in [-0.2, 0) is 11.0 Å². The van der Waals surface area contributed by atoms with Crippen molar-refractivity contribution in [3.05, 3.63) is 18.0 Å². The average Bonchev–Trinajstić information content (AvgIpc) is 2.42. The number of anilines is 1. The van der Waals surface area contributed by atoms with E-state index in [2.05, 4.69) is 20.6 Å². The molecule has 0 bridgehead atoms. The van der Waals surface area contributed by atoms with Gasteiger partial charge in [-0.1, -0.05) is 0 Å². The summed E-state index contributed by atoms with van der Waals surface area (Å²) in [5.41, 5.74) is -2.21. The van der Waals surface area contributed by atoms with Crippen molar-refractivity contribution < 1.29 is 18.0 Å². The van der Waals surface area contributed by atoms with E-state index in [-0.39, 0.29) is 19.0 Å². The Hall–Kier alpha value is -2.37. The van der Waals surface area contributed by atoms with Gasteiger partial charge in [0.25, 0.3) is 0 Å². The number of carbonyl (C=O) groups excluding carboxylic acids is 1. The van der Waals surface area contributed by atoms with Crippen LogP contribution in [0.1, 0.15) is 19.5 Å². The van der Waals surface area contributed by atoms with E-state index in [1.54, 1.807) is 0 Å². The monoisotopic (exact) mass is 301 g/mol. The Kier molecular flexibility index (Phi) is 5.07. The normalized spacial score (nSPS) is 11.6. The van der Waals surface area contributed by atoms with Gasteiger partial charge in [0.05, 0.1) is 6.07 Å². The summed E-state index contributed by atoms with van der Waals surface area (Å²) in [6.07, 6.45) is -3.54. The predicted octanol–water partition coefficient (Wildman–Crippen LogP) is 1.57. The van der Waals surface area contributed by atoms with Gasteiger partial charge in [-0.05, 0) is 19.9 Å². The van der Waals surface area contributed by atoms with E-state index in [1.165, 1.54) is 13.8 Å². The Balaban J connectivity index is 2.48. The number of hydrogen-bond donors (Lipinski definition) is 2. The Morgan fingerprint density at radius 2 is 2.05 bits per heavy atom. The van der Waals surface area contributed by atoms with E-state index in [1.807, 2.05) is 6.07 Å². The van der Waals surface area contributed by atoms with Crippen molar-refractivity contribution in [3.63, 3.8) is 0 Å². The molecule has 0 aromatic carbocycles. The molecule has 1 aromatic rings. The van der Waals surface area contributed by atoms with Crippen molar-refractivity contribution in [3.8, 4) is 6.07 Å². The van der Waals surface area contributed by atoms with E-state index < -0.39 is 23.2 Å². The Bertz CT molecular complexity index is 551. The maximum absolute atomic E-state index is 12.4. The van der Waals surface area contributed by atoms with Crippen molar-refractivity contribution in [2.24, 2.45) is 5.41 Å². The first-order valence-electron chi connectivity index (χ1n) is 6.00. The van der Waals surface area contributed by atoms with E-state index in [0.29, 0.717) is 0 Å². The zero-order chi connectivity index (χ0) is 16.1. The first-order chi connectivity index (χ1) is 9.66. The van der Waals surface area contributed by atoms with Crippen LogP contribution in [-0.4, -0.2) is 29.0 Å². The zero-order valence-corrected chi connectivity index (χ0v) is 11.5. The number of alkyl halides is 3. The van der Waals surface area contributed by atoms with Gasteiger partial charge in [0, 0.05) is 19.3 Å². The Morgan fingerprint density at radius 1 is 1.38 bits per heavy atom. The minimum absolute atomic E-state index is 0.129. The lowest BCUT2D eigenvalue weighted by Gasteiger charge is -2.15. The number of nitrogens with zero attached hydrogens (tertiary/aromatic N) is 3. The van der Waals surface area contributed by atoms with Crippen LogP contribution in [0.2, 0.25) is 0 Å². The fraction of sp³-hybridized carbons (Fsp3) is 0.500. The number of rotatable bonds is 5. The van der Waals surface area contributed by atoms with E-state index in [0.717, 1.165) is 12.3 Å². The van der Waals surface area contributed by atoms with Crippen LogP contribution in [0.4, 0.5) is 19.1 Å². The molecule has 0 aliphatic rings. The lowest BCUT2D eigenvalue weighted by Crippen LogP contribution is -2.38. The number of amides is 1. The summed E-state index contributed by atoms with van der Waals surface area (Å²) in [4.78, 5) is 18.5. The second-order valence-corrected chi connectivity index (χ2v) is 4.68. The molecule has 1 amide bonds. The van der Waals surface area contributed by atoms with Crippen LogP contribution < -0.4 is 10.6 Å². The van der Waals surface area contributed by atoms with Gasteiger partial charge in [0.15, 0.2) is 0 Å². The molecule has 21 heavy (non-hydrogen) atoms. The first-order valence-corrected chi connectivity index (χ1v) is 6.00. The predicted molar refractivity (Wildman–Crippen MR) is 67.9 cm³/mol. The highest BCUT2D eigenvalue weighted by Crippen LogP contribution is 2.27. The summed E-state index contributed by atoms with van der Waals surface area (Å²) in [6.45, 7) is 3.19. The molecule has 6 nitrogen and oxygen atoms in total. The van der Waals surface area contributed by atoms with Crippen molar-refractivity contribution in [1.29, 1.82) is 5.26 Å². The van der Waals surface area contributed by atoms with Gasteiger partial charge in [-0.2, -0.15) is 18.4 Å². The van der Waals surface area contributed by atoms with Crippen LogP contribution in [0.5, 0.6) is 0 Å². The highest BCUT2D eigenvalue weighted by molar-refractivity contribution is 5.84. The van der Waals surface area contributed by atoms with E-state index in [9.17, 15) is 18.0 Å². The summed E-state index contributed by atoms with van der Waals surface area (Å²) in [5, 5.41) is 13.8. The molecular formula is C12H14F3N5O. The molecule has 9 heteroatoms. The van der Waals surface area contributed by atoms with E-state index >= 15 is 0 Å². The molecule has 0 saturated heterocycles. The topological polar surface area (TPSA) is 90.7 Å². The maximum Gasteiger partial charge on any atom is 0.433 e. The highest BCUT2D eigenvalue weighted by atomic mass is 19.4.